The molecular formula is C18H31N3O3. The van der Waals surface area contributed by atoms with E-state index in [9.17, 15) is 4.79 Å². The fourth-order valence-electron chi connectivity index (χ4n) is 2.13. The molecule has 0 bridgehead atoms. The maximum absolute atomic E-state index is 12.3. The minimum atomic E-state index is -0.527. The molecule has 136 valence electrons. The average molecular weight is 337 g/mol. The Kier molecular flexibility index (Phi) is 8.15. The van der Waals surface area contributed by atoms with E-state index in [4.69, 9.17) is 15.2 Å². The van der Waals surface area contributed by atoms with Crippen LogP contribution in [0.3, 0.4) is 0 Å². The lowest BCUT2D eigenvalue weighted by Gasteiger charge is -2.28. The van der Waals surface area contributed by atoms with E-state index in [-0.39, 0.29) is 12.1 Å². The van der Waals surface area contributed by atoms with Crippen LogP contribution in [-0.2, 0) is 9.47 Å². The summed E-state index contributed by atoms with van der Waals surface area (Å²) in [6.07, 6.45) is 7.03. The smallest absolute Gasteiger partial charge is 0.410 e. The molecule has 0 aromatic heterocycles. The third-order valence-corrected chi connectivity index (χ3v) is 3.47. The number of carbonyl (C=O) groups excluding carboxylic acids is 1. The van der Waals surface area contributed by atoms with Gasteiger partial charge in [-0.1, -0.05) is 11.6 Å². The molecule has 1 atom stereocenters. The van der Waals surface area contributed by atoms with Gasteiger partial charge in [0.2, 0.25) is 0 Å². The first-order valence-electron chi connectivity index (χ1n) is 8.35. The van der Waals surface area contributed by atoms with E-state index in [1.807, 2.05) is 40.0 Å². The number of methoxy groups -OCH3 is 1. The van der Waals surface area contributed by atoms with Crippen molar-refractivity contribution < 1.29 is 14.3 Å². The van der Waals surface area contributed by atoms with Gasteiger partial charge in [-0.05, 0) is 46.6 Å². The summed E-state index contributed by atoms with van der Waals surface area (Å²) in [5.74, 6) is 0. The molecule has 6 nitrogen and oxygen atoms in total. The van der Waals surface area contributed by atoms with Crippen molar-refractivity contribution in [3.8, 4) is 0 Å². The molecule has 1 heterocycles. The largest absolute Gasteiger partial charge is 0.444 e. The first-order valence-corrected chi connectivity index (χ1v) is 8.35. The Hall–Kier alpha value is -1.66. The van der Waals surface area contributed by atoms with E-state index in [1.54, 1.807) is 12.0 Å². The molecule has 0 spiro atoms. The van der Waals surface area contributed by atoms with E-state index in [0.717, 1.165) is 12.1 Å². The van der Waals surface area contributed by atoms with Gasteiger partial charge < -0.3 is 20.1 Å². The normalized spacial score (nSPS) is 16.1. The second kappa shape index (κ2) is 9.59. The highest BCUT2D eigenvalue weighted by molar-refractivity contribution is 5.99. The van der Waals surface area contributed by atoms with E-state index >= 15 is 0 Å². The fourth-order valence-corrected chi connectivity index (χ4v) is 2.13. The highest BCUT2D eigenvalue weighted by Gasteiger charge is 2.23. The third kappa shape index (κ3) is 7.75. The van der Waals surface area contributed by atoms with Crippen molar-refractivity contribution in [2.45, 2.75) is 52.2 Å². The summed E-state index contributed by atoms with van der Waals surface area (Å²) in [5, 5.41) is 0. The second-order valence-corrected chi connectivity index (χ2v) is 6.99. The minimum Gasteiger partial charge on any atom is -0.444 e. The molecule has 0 saturated carbocycles. The number of allylic oxidation sites excluding steroid dienone is 2. The Morgan fingerprint density at radius 2 is 2.12 bits per heavy atom. The van der Waals surface area contributed by atoms with Crippen LogP contribution < -0.4 is 5.73 Å². The fraction of sp³-hybridized carbons (Fsp3) is 0.667. The Labute approximate surface area is 145 Å². The number of hydrogen-bond acceptors (Lipinski definition) is 5. The molecule has 2 N–H and O–H groups in total. The number of nitrogens with zero attached hydrogens (tertiary/aromatic N) is 2. The maximum atomic E-state index is 12.3. The lowest BCUT2D eigenvalue weighted by Crippen LogP contribution is -2.42. The van der Waals surface area contributed by atoms with Crippen molar-refractivity contribution in [2.75, 3.05) is 26.8 Å². The molecule has 1 amide bonds. The molecule has 0 aromatic carbocycles. The number of rotatable bonds is 7. The van der Waals surface area contributed by atoms with Crippen LogP contribution in [0.1, 0.15) is 40.5 Å². The van der Waals surface area contributed by atoms with E-state index in [0.29, 0.717) is 26.1 Å². The van der Waals surface area contributed by atoms with Gasteiger partial charge in [0.25, 0.3) is 0 Å². The number of aliphatic imine (C=N–C) groups is 1. The Morgan fingerprint density at radius 1 is 1.42 bits per heavy atom. The molecule has 0 radical (unpaired) electrons. The van der Waals surface area contributed by atoms with Crippen molar-refractivity contribution in [1.29, 1.82) is 0 Å². The molecular weight excluding hydrogens is 306 g/mol. The molecule has 24 heavy (non-hydrogen) atoms. The lowest BCUT2D eigenvalue weighted by molar-refractivity contribution is 0.0199. The number of amides is 1. The summed E-state index contributed by atoms with van der Waals surface area (Å²) < 4.78 is 10.5. The van der Waals surface area contributed by atoms with Gasteiger partial charge >= 0.3 is 6.09 Å². The Bertz CT molecular complexity index is 504. The van der Waals surface area contributed by atoms with Gasteiger partial charge in [0.05, 0.1) is 12.3 Å². The molecule has 0 saturated heterocycles. The zero-order chi connectivity index (χ0) is 18.2. The van der Waals surface area contributed by atoms with E-state index in [1.165, 1.54) is 5.57 Å². The van der Waals surface area contributed by atoms with Crippen LogP contribution in [0.5, 0.6) is 0 Å². The zero-order valence-electron chi connectivity index (χ0n) is 15.5. The molecule has 1 rings (SSSR count). The van der Waals surface area contributed by atoms with Crippen LogP contribution in [-0.4, -0.2) is 55.2 Å². The summed E-state index contributed by atoms with van der Waals surface area (Å²) in [4.78, 5) is 18.4. The molecule has 0 aromatic rings. The summed E-state index contributed by atoms with van der Waals surface area (Å²) in [5.41, 5.74) is 7.75. The predicted octanol–water partition coefficient (Wildman–Crippen LogP) is 2.89. The van der Waals surface area contributed by atoms with Crippen molar-refractivity contribution in [3.63, 3.8) is 0 Å². The van der Waals surface area contributed by atoms with Crippen LogP contribution in [0.25, 0.3) is 0 Å². The van der Waals surface area contributed by atoms with E-state index in [2.05, 4.69) is 11.1 Å². The zero-order valence-corrected chi connectivity index (χ0v) is 15.5. The summed E-state index contributed by atoms with van der Waals surface area (Å²) >= 11 is 0. The van der Waals surface area contributed by atoms with Gasteiger partial charge in [0, 0.05) is 32.4 Å². The highest BCUT2D eigenvalue weighted by atomic mass is 16.6. The van der Waals surface area contributed by atoms with E-state index < -0.39 is 5.60 Å². The van der Waals surface area contributed by atoms with Gasteiger partial charge in [-0.15, -0.1) is 0 Å². The lowest BCUT2D eigenvalue weighted by atomic mass is 10.1. The third-order valence-electron chi connectivity index (χ3n) is 3.47. The molecule has 0 fully saturated rings. The van der Waals surface area contributed by atoms with Gasteiger partial charge in [0.1, 0.15) is 5.60 Å². The minimum absolute atomic E-state index is 0.226. The van der Waals surface area contributed by atoms with Crippen LogP contribution in [0.15, 0.2) is 28.9 Å². The molecule has 0 aliphatic carbocycles. The Morgan fingerprint density at radius 3 is 2.75 bits per heavy atom. The van der Waals surface area contributed by atoms with Crippen molar-refractivity contribution in [3.05, 3.63) is 23.9 Å². The van der Waals surface area contributed by atoms with Crippen LogP contribution >= 0.6 is 0 Å². The first-order chi connectivity index (χ1) is 11.2. The number of nitrogens with two attached hydrogens (primary N) is 1. The summed E-state index contributed by atoms with van der Waals surface area (Å²) in [6.45, 7) is 9.02. The number of hydrogen-bond donors (Lipinski definition) is 1. The Balaban J connectivity index is 2.65. The average Bonchev–Trinajstić information content (AvgIpc) is 2.70. The topological polar surface area (TPSA) is 77.2 Å². The highest BCUT2D eigenvalue weighted by Crippen LogP contribution is 2.12. The maximum Gasteiger partial charge on any atom is 0.410 e. The van der Waals surface area contributed by atoms with Crippen LogP contribution in [0, 0.1) is 0 Å². The van der Waals surface area contributed by atoms with Crippen molar-refractivity contribution >= 4 is 11.8 Å². The quantitative estimate of drug-likeness (QED) is 0.775. The van der Waals surface area contributed by atoms with Gasteiger partial charge in [-0.3, -0.25) is 4.99 Å². The molecule has 1 aliphatic rings. The first kappa shape index (κ1) is 20.4. The summed E-state index contributed by atoms with van der Waals surface area (Å²) in [6, 6.07) is -0.226. The van der Waals surface area contributed by atoms with Crippen LogP contribution in [0.4, 0.5) is 4.79 Å². The molecule has 1 aliphatic heterocycles. The molecule has 6 heteroatoms. The second-order valence-electron chi connectivity index (χ2n) is 6.99. The van der Waals surface area contributed by atoms with Gasteiger partial charge in [-0.2, -0.15) is 0 Å². The predicted molar refractivity (Wildman–Crippen MR) is 97.2 cm³/mol. The summed E-state index contributed by atoms with van der Waals surface area (Å²) in [7, 11) is 1.61. The van der Waals surface area contributed by atoms with Gasteiger partial charge in [0.15, 0.2) is 0 Å². The monoisotopic (exact) mass is 337 g/mol. The van der Waals surface area contributed by atoms with Crippen molar-refractivity contribution in [1.82, 2.24) is 4.90 Å². The number of ether oxygens (including phenoxy) is 2. The molecule has 1 unspecified atom stereocenters. The number of carbonyl (C=O) groups is 1. The standard InChI is InChI=1S/C18H31N3O3/c1-14-7-6-8-16(20-13-14)15(19)9-10-21(11-12-23-5)17(22)24-18(2,3)4/h6,8,13,15H,7,9-12,19H2,1-5H3. The van der Waals surface area contributed by atoms with Gasteiger partial charge in [-0.25, -0.2) is 4.79 Å². The van der Waals surface area contributed by atoms with Crippen LogP contribution in [0.2, 0.25) is 0 Å². The SMILES string of the molecule is COCCN(CCC(N)C1=NC=C(C)CC=C1)C(=O)OC(C)(C)C. The van der Waals surface area contributed by atoms with Crippen molar-refractivity contribution in [2.24, 2.45) is 10.7 Å².